The predicted molar refractivity (Wildman–Crippen MR) is 101 cm³/mol. The zero-order valence-electron chi connectivity index (χ0n) is 13.8. The van der Waals surface area contributed by atoms with Crippen molar-refractivity contribution in [1.82, 2.24) is 5.32 Å². The van der Waals surface area contributed by atoms with Crippen LogP contribution in [-0.4, -0.2) is 23.7 Å². The van der Waals surface area contributed by atoms with Crippen LogP contribution in [0.3, 0.4) is 0 Å². The van der Waals surface area contributed by atoms with Crippen LogP contribution in [0.2, 0.25) is 0 Å². The zero-order chi connectivity index (χ0) is 17.9. The van der Waals surface area contributed by atoms with E-state index < -0.39 is 12.2 Å². The van der Waals surface area contributed by atoms with Gasteiger partial charge in [0.25, 0.3) is 5.91 Å². The van der Waals surface area contributed by atoms with Gasteiger partial charge in [0.1, 0.15) is 12.7 Å². The number of rotatable bonds is 5. The number of amides is 1. The molecule has 0 saturated carbocycles. The van der Waals surface area contributed by atoms with Crippen molar-refractivity contribution in [3.63, 3.8) is 0 Å². The van der Waals surface area contributed by atoms with E-state index in [1.165, 1.54) is 11.3 Å². The third-order valence-electron chi connectivity index (χ3n) is 4.05. The van der Waals surface area contributed by atoms with Crippen LogP contribution < -0.4 is 14.8 Å². The van der Waals surface area contributed by atoms with E-state index in [9.17, 15) is 9.90 Å². The van der Waals surface area contributed by atoms with E-state index in [0.29, 0.717) is 18.0 Å². The van der Waals surface area contributed by atoms with Crippen molar-refractivity contribution in [2.24, 2.45) is 0 Å². The Kier molecular flexibility index (Phi) is 4.92. The Morgan fingerprint density at radius 2 is 2.08 bits per heavy atom. The Hall–Kier alpha value is -2.35. The molecule has 2 N–H and O–H groups in total. The SMILES string of the molecule is O=C(NCc1ccc([C@@H](O)c2ccsc2)s1)[C@H]1COc2ccccc2O1. The minimum absolute atomic E-state index is 0.190. The highest BCUT2D eigenvalue weighted by Gasteiger charge is 2.27. The molecule has 0 fully saturated rings. The number of benzene rings is 1. The summed E-state index contributed by atoms with van der Waals surface area (Å²) in [6, 6.07) is 13.0. The largest absolute Gasteiger partial charge is 0.485 e. The quantitative estimate of drug-likeness (QED) is 0.705. The van der Waals surface area contributed by atoms with Crippen LogP contribution in [0.25, 0.3) is 0 Å². The molecule has 0 bridgehead atoms. The summed E-state index contributed by atoms with van der Waals surface area (Å²) in [5.74, 6) is 1.02. The number of hydrogen-bond donors (Lipinski definition) is 2. The molecule has 1 aliphatic rings. The second kappa shape index (κ2) is 7.49. The Morgan fingerprint density at radius 1 is 1.23 bits per heavy atom. The molecule has 0 spiro atoms. The maximum absolute atomic E-state index is 12.3. The van der Waals surface area contributed by atoms with Gasteiger partial charge in [-0.05, 0) is 46.7 Å². The minimum Gasteiger partial charge on any atom is -0.485 e. The maximum atomic E-state index is 12.3. The Labute approximate surface area is 158 Å². The van der Waals surface area contributed by atoms with Gasteiger partial charge in [0.05, 0.1) is 6.54 Å². The Balaban J connectivity index is 1.34. The molecule has 0 radical (unpaired) electrons. The second-order valence-corrected chi connectivity index (χ2v) is 7.83. The van der Waals surface area contributed by atoms with Gasteiger partial charge in [-0.3, -0.25) is 4.79 Å². The molecule has 1 amide bonds. The topological polar surface area (TPSA) is 67.8 Å². The summed E-state index contributed by atoms with van der Waals surface area (Å²) in [7, 11) is 0. The van der Waals surface area contributed by atoms with Crippen LogP contribution in [0.5, 0.6) is 11.5 Å². The summed E-state index contributed by atoms with van der Waals surface area (Å²) in [4.78, 5) is 14.2. The molecular weight excluding hydrogens is 370 g/mol. The molecule has 4 rings (SSSR count). The van der Waals surface area contributed by atoms with Gasteiger partial charge < -0.3 is 19.9 Å². The summed E-state index contributed by atoms with van der Waals surface area (Å²) in [6.45, 7) is 0.580. The number of para-hydroxylation sites is 2. The summed E-state index contributed by atoms with van der Waals surface area (Å²) >= 11 is 3.04. The fourth-order valence-electron chi connectivity index (χ4n) is 2.67. The monoisotopic (exact) mass is 387 g/mol. The van der Waals surface area contributed by atoms with Crippen molar-refractivity contribution < 1.29 is 19.4 Å². The van der Waals surface area contributed by atoms with Crippen molar-refractivity contribution in [3.8, 4) is 11.5 Å². The summed E-state index contributed by atoms with van der Waals surface area (Å²) in [5, 5.41) is 17.1. The van der Waals surface area contributed by atoms with Gasteiger partial charge in [-0.1, -0.05) is 12.1 Å². The molecule has 1 aromatic carbocycles. The lowest BCUT2D eigenvalue weighted by Gasteiger charge is -2.25. The van der Waals surface area contributed by atoms with Gasteiger partial charge in [-0.25, -0.2) is 0 Å². The molecule has 26 heavy (non-hydrogen) atoms. The number of aliphatic hydroxyl groups excluding tert-OH is 1. The van der Waals surface area contributed by atoms with Gasteiger partial charge >= 0.3 is 0 Å². The number of carbonyl (C=O) groups is 1. The second-order valence-electron chi connectivity index (χ2n) is 5.85. The lowest BCUT2D eigenvalue weighted by molar-refractivity contribution is -0.130. The lowest BCUT2D eigenvalue weighted by atomic mass is 10.2. The van der Waals surface area contributed by atoms with E-state index in [0.717, 1.165) is 15.3 Å². The standard InChI is InChI=1S/C19H17NO4S2/c21-18(12-7-8-25-11-12)17-6-5-13(26-17)9-20-19(22)16-10-23-14-3-1-2-4-15(14)24-16/h1-8,11,16,18,21H,9-10H2,(H,20,22)/t16-,18+/m1/s1. The van der Waals surface area contributed by atoms with E-state index in [-0.39, 0.29) is 12.5 Å². The van der Waals surface area contributed by atoms with Gasteiger partial charge in [0.2, 0.25) is 6.10 Å². The van der Waals surface area contributed by atoms with E-state index in [2.05, 4.69) is 5.32 Å². The minimum atomic E-state index is -0.666. The first-order valence-electron chi connectivity index (χ1n) is 8.15. The maximum Gasteiger partial charge on any atom is 0.264 e. The Morgan fingerprint density at radius 3 is 2.88 bits per heavy atom. The van der Waals surface area contributed by atoms with Gasteiger partial charge in [0, 0.05) is 9.75 Å². The number of ether oxygens (including phenoxy) is 2. The van der Waals surface area contributed by atoms with Gasteiger partial charge in [0.15, 0.2) is 11.5 Å². The van der Waals surface area contributed by atoms with Crippen LogP contribution in [0, 0.1) is 0 Å². The fourth-order valence-corrected chi connectivity index (χ4v) is 4.31. The highest BCUT2D eigenvalue weighted by atomic mass is 32.1. The highest BCUT2D eigenvalue weighted by molar-refractivity contribution is 7.12. The molecule has 3 aromatic rings. The molecule has 0 aliphatic carbocycles. The van der Waals surface area contributed by atoms with E-state index in [4.69, 9.17) is 9.47 Å². The van der Waals surface area contributed by atoms with Crippen molar-refractivity contribution in [1.29, 1.82) is 0 Å². The number of aliphatic hydroxyl groups is 1. The van der Waals surface area contributed by atoms with Crippen molar-refractivity contribution in [2.45, 2.75) is 18.8 Å². The Bertz CT molecular complexity index is 891. The number of carbonyl (C=O) groups excluding carboxylic acids is 1. The molecule has 0 unspecified atom stereocenters. The first-order chi connectivity index (χ1) is 12.7. The van der Waals surface area contributed by atoms with Crippen LogP contribution in [0.15, 0.2) is 53.2 Å². The van der Waals surface area contributed by atoms with Crippen LogP contribution in [0.4, 0.5) is 0 Å². The normalized spacial score (nSPS) is 16.9. The first kappa shape index (κ1) is 17.1. The van der Waals surface area contributed by atoms with E-state index in [1.807, 2.05) is 47.2 Å². The number of thiophene rings is 2. The fraction of sp³-hybridized carbons (Fsp3) is 0.211. The van der Waals surface area contributed by atoms with Crippen molar-refractivity contribution in [3.05, 3.63) is 68.5 Å². The van der Waals surface area contributed by atoms with Crippen LogP contribution in [-0.2, 0) is 11.3 Å². The van der Waals surface area contributed by atoms with E-state index in [1.54, 1.807) is 17.4 Å². The molecule has 5 nitrogen and oxygen atoms in total. The summed E-state index contributed by atoms with van der Waals surface area (Å²) in [5.41, 5.74) is 0.888. The molecule has 0 saturated heterocycles. The average Bonchev–Trinajstić information content (AvgIpc) is 3.37. The molecule has 3 heterocycles. The van der Waals surface area contributed by atoms with Crippen molar-refractivity contribution >= 4 is 28.6 Å². The highest BCUT2D eigenvalue weighted by Crippen LogP contribution is 2.31. The average molecular weight is 387 g/mol. The van der Waals surface area contributed by atoms with Gasteiger partial charge in [-0.15, -0.1) is 11.3 Å². The number of nitrogens with one attached hydrogen (secondary N) is 1. The number of fused-ring (bicyclic) bond motifs is 1. The summed E-state index contributed by atoms with van der Waals surface area (Å²) < 4.78 is 11.3. The first-order valence-corrected chi connectivity index (χ1v) is 9.91. The smallest absolute Gasteiger partial charge is 0.264 e. The molecule has 134 valence electrons. The third kappa shape index (κ3) is 3.60. The zero-order valence-corrected chi connectivity index (χ0v) is 15.4. The van der Waals surface area contributed by atoms with Crippen LogP contribution >= 0.6 is 22.7 Å². The van der Waals surface area contributed by atoms with Crippen LogP contribution in [0.1, 0.15) is 21.4 Å². The number of hydrogen-bond acceptors (Lipinski definition) is 6. The molecule has 2 atom stereocenters. The molecular formula is C19H17NO4S2. The van der Waals surface area contributed by atoms with Gasteiger partial charge in [-0.2, -0.15) is 11.3 Å². The van der Waals surface area contributed by atoms with Crippen molar-refractivity contribution in [2.75, 3.05) is 6.61 Å². The summed E-state index contributed by atoms with van der Waals surface area (Å²) in [6.07, 6.45) is -1.29. The molecule has 1 aliphatic heterocycles. The lowest BCUT2D eigenvalue weighted by Crippen LogP contribution is -2.43. The third-order valence-corrected chi connectivity index (χ3v) is 5.89. The molecule has 7 heteroatoms. The molecule has 2 aromatic heterocycles. The van der Waals surface area contributed by atoms with E-state index >= 15 is 0 Å². The predicted octanol–water partition coefficient (Wildman–Crippen LogP) is 3.35.